The van der Waals surface area contributed by atoms with Crippen LogP contribution in [-0.4, -0.2) is 12.3 Å². The molecule has 0 bridgehead atoms. The third kappa shape index (κ3) is 1.52. The Balaban J connectivity index is 2.90. The molecule has 0 saturated heterocycles. The van der Waals surface area contributed by atoms with Crippen LogP contribution in [0, 0.1) is 5.92 Å². The lowest BCUT2D eigenvalue weighted by atomic mass is 9.94. The summed E-state index contributed by atoms with van der Waals surface area (Å²) in [6, 6.07) is 0. The number of hydrogen-bond donors (Lipinski definition) is 0. The highest BCUT2D eigenvalue weighted by Gasteiger charge is 2.16. The smallest absolute Gasteiger partial charge is 0.0609 e. The van der Waals surface area contributed by atoms with Gasteiger partial charge in [0.1, 0.15) is 0 Å². The molecule has 0 aromatic carbocycles. The van der Waals surface area contributed by atoms with Gasteiger partial charge in [0.25, 0.3) is 0 Å². The Morgan fingerprint density at radius 3 is 2.45 bits per heavy atom. The molecule has 0 aromatic rings. The highest BCUT2D eigenvalue weighted by atomic mass is 14.8. The summed E-state index contributed by atoms with van der Waals surface area (Å²) in [5.74, 6) is 0.649. The topological polar surface area (TPSA) is 12.4 Å². The van der Waals surface area contributed by atoms with E-state index in [4.69, 9.17) is 0 Å². The van der Waals surface area contributed by atoms with Gasteiger partial charge in [-0.05, 0) is 30.4 Å². The van der Waals surface area contributed by atoms with E-state index < -0.39 is 0 Å². The van der Waals surface area contributed by atoms with Crippen molar-refractivity contribution in [1.29, 1.82) is 0 Å². The predicted molar refractivity (Wildman–Crippen MR) is 50.1 cm³/mol. The molecular formula is C10H17N. The molecule has 0 spiro atoms. The van der Waals surface area contributed by atoms with E-state index in [0.717, 1.165) is 13.0 Å². The molecule has 0 radical (unpaired) electrons. The lowest BCUT2D eigenvalue weighted by Gasteiger charge is -2.09. The van der Waals surface area contributed by atoms with Gasteiger partial charge < -0.3 is 0 Å². The van der Waals surface area contributed by atoms with Crippen molar-refractivity contribution in [3.63, 3.8) is 0 Å². The second-order valence-electron chi connectivity index (χ2n) is 3.43. The van der Waals surface area contributed by atoms with E-state index in [1.165, 1.54) is 16.9 Å². The highest BCUT2D eigenvalue weighted by Crippen LogP contribution is 2.24. The lowest BCUT2D eigenvalue weighted by molar-refractivity contribution is 0.787. The molecule has 0 fully saturated rings. The van der Waals surface area contributed by atoms with Crippen molar-refractivity contribution >= 4 is 5.71 Å². The molecule has 1 rings (SSSR count). The maximum absolute atomic E-state index is 4.43. The van der Waals surface area contributed by atoms with Crippen LogP contribution in [0.15, 0.2) is 16.1 Å². The van der Waals surface area contributed by atoms with Gasteiger partial charge in [0, 0.05) is 5.71 Å². The Bertz CT molecular complexity index is 209. The van der Waals surface area contributed by atoms with E-state index in [1.54, 1.807) is 0 Å². The van der Waals surface area contributed by atoms with Crippen LogP contribution in [0.2, 0.25) is 0 Å². The molecule has 1 aliphatic rings. The first-order valence-electron chi connectivity index (χ1n) is 4.40. The van der Waals surface area contributed by atoms with E-state index in [2.05, 4.69) is 32.7 Å². The van der Waals surface area contributed by atoms with Crippen LogP contribution in [0.4, 0.5) is 0 Å². The molecule has 0 saturated carbocycles. The first-order valence-corrected chi connectivity index (χ1v) is 4.40. The van der Waals surface area contributed by atoms with Crippen molar-refractivity contribution in [2.24, 2.45) is 10.9 Å². The van der Waals surface area contributed by atoms with E-state index >= 15 is 0 Å². The van der Waals surface area contributed by atoms with Crippen LogP contribution >= 0.6 is 0 Å². The minimum absolute atomic E-state index is 0.649. The van der Waals surface area contributed by atoms with Crippen LogP contribution in [0.3, 0.4) is 0 Å². The summed E-state index contributed by atoms with van der Waals surface area (Å²) >= 11 is 0. The van der Waals surface area contributed by atoms with Crippen LogP contribution in [0.5, 0.6) is 0 Å². The SMILES string of the molecule is CCC1=C(C(C)C)C(C)=NC1. The van der Waals surface area contributed by atoms with Crippen molar-refractivity contribution in [1.82, 2.24) is 0 Å². The molecule has 0 amide bonds. The average Bonchev–Trinajstić information content (AvgIpc) is 2.30. The molecule has 0 atom stereocenters. The van der Waals surface area contributed by atoms with Crippen LogP contribution < -0.4 is 0 Å². The Kier molecular flexibility index (Phi) is 2.48. The van der Waals surface area contributed by atoms with Crippen LogP contribution in [0.1, 0.15) is 34.1 Å². The number of allylic oxidation sites excluding steroid dienone is 1. The summed E-state index contributed by atoms with van der Waals surface area (Å²) in [4.78, 5) is 4.43. The van der Waals surface area contributed by atoms with E-state index in [0.29, 0.717) is 5.92 Å². The van der Waals surface area contributed by atoms with Crippen molar-refractivity contribution in [2.45, 2.75) is 34.1 Å². The Hall–Kier alpha value is -0.590. The molecule has 1 aliphatic heterocycles. The maximum atomic E-state index is 4.43. The summed E-state index contributed by atoms with van der Waals surface area (Å²) < 4.78 is 0. The standard InChI is InChI=1S/C10H17N/c1-5-9-6-11-8(4)10(9)7(2)3/h7H,5-6H2,1-4H3. The predicted octanol–water partition coefficient (Wildman–Crippen LogP) is 2.82. The minimum Gasteiger partial charge on any atom is -0.285 e. The average molecular weight is 151 g/mol. The highest BCUT2D eigenvalue weighted by molar-refractivity contribution is 6.01. The largest absolute Gasteiger partial charge is 0.285 e. The molecule has 62 valence electrons. The molecule has 0 unspecified atom stereocenters. The summed E-state index contributed by atoms with van der Waals surface area (Å²) in [6.45, 7) is 9.78. The van der Waals surface area contributed by atoms with Gasteiger partial charge in [0.2, 0.25) is 0 Å². The zero-order valence-corrected chi connectivity index (χ0v) is 7.94. The molecule has 0 N–H and O–H groups in total. The quantitative estimate of drug-likeness (QED) is 0.575. The lowest BCUT2D eigenvalue weighted by Crippen LogP contribution is -2.03. The first kappa shape index (κ1) is 8.51. The fourth-order valence-corrected chi connectivity index (χ4v) is 1.77. The van der Waals surface area contributed by atoms with Crippen molar-refractivity contribution in [3.8, 4) is 0 Å². The minimum atomic E-state index is 0.649. The third-order valence-electron chi connectivity index (χ3n) is 2.28. The molecule has 1 heteroatoms. The molecule has 1 nitrogen and oxygen atoms in total. The van der Waals surface area contributed by atoms with Gasteiger partial charge in [-0.25, -0.2) is 0 Å². The zero-order valence-electron chi connectivity index (χ0n) is 7.94. The van der Waals surface area contributed by atoms with Gasteiger partial charge in [-0.15, -0.1) is 0 Å². The number of aliphatic imine (C=N–C) groups is 1. The Morgan fingerprint density at radius 1 is 1.45 bits per heavy atom. The molecule has 0 aliphatic carbocycles. The van der Waals surface area contributed by atoms with E-state index in [-0.39, 0.29) is 0 Å². The van der Waals surface area contributed by atoms with Gasteiger partial charge in [0.15, 0.2) is 0 Å². The summed E-state index contributed by atoms with van der Waals surface area (Å²) in [7, 11) is 0. The first-order chi connectivity index (χ1) is 5.16. The van der Waals surface area contributed by atoms with Gasteiger partial charge >= 0.3 is 0 Å². The summed E-state index contributed by atoms with van der Waals surface area (Å²) in [6.07, 6.45) is 1.16. The number of hydrogen-bond acceptors (Lipinski definition) is 1. The van der Waals surface area contributed by atoms with Crippen LogP contribution in [0.25, 0.3) is 0 Å². The normalized spacial score (nSPS) is 18.1. The van der Waals surface area contributed by atoms with Crippen molar-refractivity contribution in [3.05, 3.63) is 11.1 Å². The third-order valence-corrected chi connectivity index (χ3v) is 2.28. The molecular weight excluding hydrogens is 134 g/mol. The number of nitrogens with zero attached hydrogens (tertiary/aromatic N) is 1. The second-order valence-corrected chi connectivity index (χ2v) is 3.43. The van der Waals surface area contributed by atoms with Crippen molar-refractivity contribution in [2.75, 3.05) is 6.54 Å². The van der Waals surface area contributed by atoms with Crippen LogP contribution in [-0.2, 0) is 0 Å². The fourth-order valence-electron chi connectivity index (χ4n) is 1.77. The van der Waals surface area contributed by atoms with E-state index in [1.807, 2.05) is 0 Å². The summed E-state index contributed by atoms with van der Waals surface area (Å²) in [5, 5.41) is 0. The summed E-state index contributed by atoms with van der Waals surface area (Å²) in [5.41, 5.74) is 4.31. The zero-order chi connectivity index (χ0) is 8.43. The fraction of sp³-hybridized carbons (Fsp3) is 0.700. The monoisotopic (exact) mass is 151 g/mol. The molecule has 11 heavy (non-hydrogen) atoms. The van der Waals surface area contributed by atoms with E-state index in [9.17, 15) is 0 Å². The van der Waals surface area contributed by atoms with Gasteiger partial charge in [0.05, 0.1) is 6.54 Å². The van der Waals surface area contributed by atoms with Gasteiger partial charge in [-0.2, -0.15) is 0 Å². The molecule has 0 aromatic heterocycles. The van der Waals surface area contributed by atoms with Gasteiger partial charge in [-0.1, -0.05) is 20.8 Å². The maximum Gasteiger partial charge on any atom is 0.0609 e. The Morgan fingerprint density at radius 2 is 2.09 bits per heavy atom. The van der Waals surface area contributed by atoms with Gasteiger partial charge in [-0.3, -0.25) is 4.99 Å². The second kappa shape index (κ2) is 3.21. The van der Waals surface area contributed by atoms with Crippen molar-refractivity contribution < 1.29 is 0 Å². The molecule has 1 heterocycles. The Labute approximate surface area is 69.2 Å². The number of rotatable bonds is 2.